The zero-order valence-electron chi connectivity index (χ0n) is 11.3. The summed E-state index contributed by atoms with van der Waals surface area (Å²) in [7, 11) is 0. The van der Waals surface area contributed by atoms with E-state index in [-0.39, 0.29) is 23.4 Å². The fraction of sp³-hybridized carbons (Fsp3) is 0.467. The molecule has 1 aromatic carbocycles. The molecule has 3 rings (SSSR count). The Morgan fingerprint density at radius 2 is 1.90 bits per heavy atom. The van der Waals surface area contributed by atoms with Gasteiger partial charge in [-0.3, -0.25) is 9.59 Å². The highest BCUT2D eigenvalue weighted by Gasteiger charge is 2.47. The van der Waals surface area contributed by atoms with Crippen LogP contribution >= 0.6 is 23.2 Å². The van der Waals surface area contributed by atoms with E-state index in [9.17, 15) is 14.7 Å². The molecule has 2 fully saturated rings. The maximum Gasteiger partial charge on any atom is 0.308 e. The van der Waals surface area contributed by atoms with Gasteiger partial charge in [-0.25, -0.2) is 0 Å². The van der Waals surface area contributed by atoms with Gasteiger partial charge in [0.15, 0.2) is 0 Å². The minimum Gasteiger partial charge on any atom is -0.481 e. The second kappa shape index (κ2) is 5.50. The van der Waals surface area contributed by atoms with E-state index in [0.717, 1.165) is 12.8 Å². The van der Waals surface area contributed by atoms with Gasteiger partial charge in [0.2, 0.25) is 0 Å². The van der Waals surface area contributed by atoms with Crippen LogP contribution in [-0.4, -0.2) is 35.0 Å². The number of carboxylic acids is 1. The first kappa shape index (κ1) is 14.7. The van der Waals surface area contributed by atoms with Crippen LogP contribution in [0.25, 0.3) is 0 Å². The van der Waals surface area contributed by atoms with Crippen molar-refractivity contribution in [1.29, 1.82) is 0 Å². The molecule has 1 saturated carbocycles. The zero-order valence-corrected chi connectivity index (χ0v) is 12.8. The lowest BCUT2D eigenvalue weighted by atomic mass is 9.92. The average Bonchev–Trinajstić information content (AvgIpc) is 3.19. The van der Waals surface area contributed by atoms with E-state index in [1.165, 1.54) is 0 Å². The first-order valence-corrected chi connectivity index (χ1v) is 7.70. The van der Waals surface area contributed by atoms with Gasteiger partial charge in [0.1, 0.15) is 0 Å². The molecule has 2 atom stereocenters. The number of carboxylic acid groups (broad SMARTS) is 1. The van der Waals surface area contributed by atoms with Gasteiger partial charge in [-0.05, 0) is 36.8 Å². The monoisotopic (exact) mass is 327 g/mol. The van der Waals surface area contributed by atoms with Crippen LogP contribution in [-0.2, 0) is 4.79 Å². The second-order valence-electron chi connectivity index (χ2n) is 5.76. The molecule has 1 amide bonds. The quantitative estimate of drug-likeness (QED) is 0.927. The number of amides is 1. The van der Waals surface area contributed by atoms with Crippen LogP contribution in [0, 0.1) is 17.8 Å². The molecule has 112 valence electrons. The third kappa shape index (κ3) is 2.74. The number of nitrogens with zero attached hydrogens (tertiary/aromatic N) is 1. The van der Waals surface area contributed by atoms with Crippen molar-refractivity contribution >= 4 is 35.1 Å². The topological polar surface area (TPSA) is 57.6 Å². The molecular formula is C15H15Cl2NO3. The molecular weight excluding hydrogens is 313 g/mol. The summed E-state index contributed by atoms with van der Waals surface area (Å²) in [6.07, 6.45) is 2.13. The Balaban J connectivity index is 1.82. The van der Waals surface area contributed by atoms with Crippen LogP contribution in [0.3, 0.4) is 0 Å². The molecule has 1 aliphatic carbocycles. The van der Waals surface area contributed by atoms with Gasteiger partial charge < -0.3 is 10.0 Å². The molecule has 0 unspecified atom stereocenters. The number of benzene rings is 1. The number of carbonyl (C=O) groups is 2. The lowest BCUT2D eigenvalue weighted by Crippen LogP contribution is -2.30. The van der Waals surface area contributed by atoms with Crippen molar-refractivity contribution in [3.8, 4) is 0 Å². The van der Waals surface area contributed by atoms with E-state index in [0.29, 0.717) is 23.0 Å². The maximum absolute atomic E-state index is 12.6. The van der Waals surface area contributed by atoms with Gasteiger partial charge in [-0.2, -0.15) is 0 Å². The Kier molecular flexibility index (Phi) is 3.84. The molecule has 4 nitrogen and oxygen atoms in total. The predicted molar refractivity (Wildman–Crippen MR) is 79.7 cm³/mol. The summed E-state index contributed by atoms with van der Waals surface area (Å²) in [4.78, 5) is 25.5. The number of carbonyl (C=O) groups excluding carboxylic acids is 1. The molecule has 6 heteroatoms. The van der Waals surface area contributed by atoms with Crippen molar-refractivity contribution in [2.75, 3.05) is 13.1 Å². The van der Waals surface area contributed by atoms with Crippen LogP contribution in [0.5, 0.6) is 0 Å². The zero-order chi connectivity index (χ0) is 15.1. The van der Waals surface area contributed by atoms with Crippen LogP contribution in [0.1, 0.15) is 23.2 Å². The third-order valence-corrected chi connectivity index (χ3v) is 5.20. The van der Waals surface area contributed by atoms with Gasteiger partial charge in [-0.1, -0.05) is 29.3 Å². The summed E-state index contributed by atoms with van der Waals surface area (Å²) in [6.45, 7) is 0.738. The van der Waals surface area contributed by atoms with E-state index in [2.05, 4.69) is 0 Å². The van der Waals surface area contributed by atoms with Gasteiger partial charge >= 0.3 is 5.97 Å². The van der Waals surface area contributed by atoms with E-state index in [4.69, 9.17) is 23.2 Å². The van der Waals surface area contributed by atoms with E-state index in [1.807, 2.05) is 0 Å². The van der Waals surface area contributed by atoms with Crippen molar-refractivity contribution in [2.45, 2.75) is 12.8 Å². The molecule has 1 heterocycles. The molecule has 1 N–H and O–H groups in total. The number of hydrogen-bond acceptors (Lipinski definition) is 2. The minimum atomic E-state index is -0.820. The van der Waals surface area contributed by atoms with Gasteiger partial charge in [0.25, 0.3) is 5.91 Å². The lowest BCUT2D eigenvalue weighted by Gasteiger charge is -2.17. The van der Waals surface area contributed by atoms with Crippen LogP contribution < -0.4 is 0 Å². The fourth-order valence-electron chi connectivity index (χ4n) is 3.10. The Labute approximate surface area is 132 Å². The summed E-state index contributed by atoms with van der Waals surface area (Å²) in [5.41, 5.74) is 0.338. The van der Waals surface area contributed by atoms with Crippen molar-refractivity contribution < 1.29 is 14.7 Å². The first-order valence-electron chi connectivity index (χ1n) is 6.95. The van der Waals surface area contributed by atoms with E-state index in [1.54, 1.807) is 23.1 Å². The summed E-state index contributed by atoms with van der Waals surface area (Å²) in [5, 5.41) is 9.90. The Morgan fingerprint density at radius 1 is 1.19 bits per heavy atom. The fourth-order valence-corrected chi connectivity index (χ4v) is 3.48. The SMILES string of the molecule is O=C(O)[C@@H]1CN(C(=O)c2cccc(Cl)c2Cl)C[C@H]1C1CC1. The molecule has 2 aliphatic rings. The number of hydrogen-bond donors (Lipinski definition) is 1. The second-order valence-corrected chi connectivity index (χ2v) is 6.54. The molecule has 1 aromatic rings. The molecule has 0 bridgehead atoms. The highest BCUT2D eigenvalue weighted by molar-refractivity contribution is 6.43. The lowest BCUT2D eigenvalue weighted by molar-refractivity contribution is -0.142. The Hall–Kier alpha value is -1.26. The standard InChI is InChI=1S/C15H15Cl2NO3/c16-12-3-1-2-9(13(12)17)14(19)18-6-10(8-4-5-8)11(7-18)15(20)21/h1-3,8,10-11H,4-7H2,(H,20,21)/t10-,11+/m0/s1. The Morgan fingerprint density at radius 3 is 2.52 bits per heavy atom. The maximum atomic E-state index is 12.6. The summed E-state index contributed by atoms with van der Waals surface area (Å²) >= 11 is 12.0. The summed E-state index contributed by atoms with van der Waals surface area (Å²) < 4.78 is 0. The molecule has 0 spiro atoms. The number of halogens is 2. The van der Waals surface area contributed by atoms with Gasteiger partial charge in [0.05, 0.1) is 21.5 Å². The minimum absolute atomic E-state index is 0.0596. The summed E-state index contributed by atoms with van der Waals surface area (Å²) in [5.74, 6) is -1.03. The highest BCUT2D eigenvalue weighted by atomic mass is 35.5. The number of rotatable bonds is 3. The largest absolute Gasteiger partial charge is 0.481 e. The third-order valence-electron chi connectivity index (χ3n) is 4.38. The Bertz CT molecular complexity index is 601. The molecule has 1 aliphatic heterocycles. The van der Waals surface area contributed by atoms with Gasteiger partial charge in [0, 0.05) is 13.1 Å². The smallest absolute Gasteiger partial charge is 0.308 e. The van der Waals surface area contributed by atoms with Crippen molar-refractivity contribution in [3.05, 3.63) is 33.8 Å². The van der Waals surface area contributed by atoms with Crippen LogP contribution in [0.4, 0.5) is 0 Å². The van der Waals surface area contributed by atoms with Gasteiger partial charge in [-0.15, -0.1) is 0 Å². The van der Waals surface area contributed by atoms with Crippen LogP contribution in [0.2, 0.25) is 10.0 Å². The van der Waals surface area contributed by atoms with Crippen molar-refractivity contribution in [1.82, 2.24) is 4.90 Å². The normalized spacial score (nSPS) is 25.1. The molecule has 1 saturated heterocycles. The number of likely N-dealkylation sites (tertiary alicyclic amines) is 1. The average molecular weight is 328 g/mol. The molecule has 0 radical (unpaired) electrons. The van der Waals surface area contributed by atoms with E-state index < -0.39 is 11.9 Å². The predicted octanol–water partition coefficient (Wildman–Crippen LogP) is 3.18. The highest BCUT2D eigenvalue weighted by Crippen LogP contribution is 2.44. The van der Waals surface area contributed by atoms with Crippen LogP contribution in [0.15, 0.2) is 18.2 Å². The van der Waals surface area contributed by atoms with E-state index >= 15 is 0 Å². The van der Waals surface area contributed by atoms with Crippen molar-refractivity contribution in [3.63, 3.8) is 0 Å². The molecule has 21 heavy (non-hydrogen) atoms. The summed E-state index contributed by atoms with van der Waals surface area (Å²) in [6, 6.07) is 4.92. The molecule has 0 aromatic heterocycles. The number of aliphatic carboxylic acids is 1. The van der Waals surface area contributed by atoms with Crippen molar-refractivity contribution in [2.24, 2.45) is 17.8 Å². The first-order chi connectivity index (χ1) is 9.99.